The van der Waals surface area contributed by atoms with Crippen LogP contribution < -0.4 is 10.1 Å². The first-order valence-corrected chi connectivity index (χ1v) is 7.88. The van der Waals surface area contributed by atoms with E-state index in [1.807, 2.05) is 0 Å². The predicted octanol–water partition coefficient (Wildman–Crippen LogP) is 4.30. The molecule has 23 heavy (non-hydrogen) atoms. The lowest BCUT2D eigenvalue weighted by Crippen LogP contribution is -2.26. The Labute approximate surface area is 139 Å². The lowest BCUT2D eigenvalue weighted by atomic mass is 9.86. The highest BCUT2D eigenvalue weighted by atomic mass is 35.5. The van der Waals surface area contributed by atoms with Crippen LogP contribution in [0.5, 0.6) is 5.75 Å². The largest absolute Gasteiger partial charge is 0.426 e. The van der Waals surface area contributed by atoms with Gasteiger partial charge in [-0.3, -0.25) is 9.59 Å². The molecule has 1 N–H and O–H groups in total. The highest BCUT2D eigenvalue weighted by Crippen LogP contribution is 2.28. The van der Waals surface area contributed by atoms with Crippen molar-refractivity contribution in [2.45, 2.75) is 19.3 Å². The number of anilines is 1. The number of esters is 1. The third-order valence-corrected chi connectivity index (χ3v) is 4.13. The molecular weight excluding hydrogens is 314 g/mol. The van der Waals surface area contributed by atoms with Crippen molar-refractivity contribution < 1.29 is 14.3 Å². The van der Waals surface area contributed by atoms with Crippen molar-refractivity contribution in [2.75, 3.05) is 5.32 Å². The van der Waals surface area contributed by atoms with Crippen LogP contribution in [0.4, 0.5) is 5.69 Å². The maximum Gasteiger partial charge on any atom is 0.314 e. The van der Waals surface area contributed by atoms with E-state index in [1.165, 1.54) is 0 Å². The van der Waals surface area contributed by atoms with Crippen LogP contribution in [0.3, 0.4) is 0 Å². The highest BCUT2D eigenvalue weighted by molar-refractivity contribution is 6.30. The first kappa shape index (κ1) is 15.6. The summed E-state index contributed by atoms with van der Waals surface area (Å²) in [6.45, 7) is 0. The number of halogens is 1. The number of carbonyl (C=O) groups is 2. The number of nitrogens with one attached hydrogen (secondary N) is 1. The number of amides is 1. The number of rotatable bonds is 4. The van der Waals surface area contributed by atoms with Crippen molar-refractivity contribution in [2.24, 2.45) is 5.92 Å². The fraction of sp³-hybridized carbons (Fsp3) is 0.222. The fourth-order valence-corrected chi connectivity index (χ4v) is 2.38. The van der Waals surface area contributed by atoms with Crippen LogP contribution >= 0.6 is 11.6 Å². The number of ether oxygens (including phenoxy) is 1. The van der Waals surface area contributed by atoms with E-state index >= 15 is 0 Å². The van der Waals surface area contributed by atoms with Gasteiger partial charge in [0.25, 0.3) is 5.91 Å². The fourth-order valence-electron chi connectivity index (χ4n) is 2.25. The molecule has 0 saturated heterocycles. The van der Waals surface area contributed by atoms with Crippen LogP contribution in [0.15, 0.2) is 48.5 Å². The van der Waals surface area contributed by atoms with Crippen LogP contribution in [0.2, 0.25) is 5.02 Å². The van der Waals surface area contributed by atoms with Gasteiger partial charge < -0.3 is 10.1 Å². The third kappa shape index (κ3) is 3.90. The Bertz CT molecular complexity index is 706. The molecule has 1 saturated carbocycles. The van der Waals surface area contributed by atoms with E-state index in [4.69, 9.17) is 16.3 Å². The standard InChI is InChI=1S/C18H16ClNO3/c19-14-6-4-12(5-7-14)17(21)20-15-8-10-16(11-9-15)23-18(22)13-2-1-3-13/h4-11,13H,1-3H2,(H,20,21). The first-order valence-electron chi connectivity index (χ1n) is 7.50. The summed E-state index contributed by atoms with van der Waals surface area (Å²) in [6, 6.07) is 13.4. The minimum atomic E-state index is -0.221. The molecule has 118 valence electrons. The lowest BCUT2D eigenvalue weighted by Gasteiger charge is -2.22. The molecule has 2 aromatic carbocycles. The second-order valence-corrected chi connectivity index (χ2v) is 5.97. The van der Waals surface area contributed by atoms with Gasteiger partial charge in [0.05, 0.1) is 5.92 Å². The monoisotopic (exact) mass is 329 g/mol. The zero-order chi connectivity index (χ0) is 16.2. The molecule has 0 bridgehead atoms. The summed E-state index contributed by atoms with van der Waals surface area (Å²) in [7, 11) is 0. The zero-order valence-corrected chi connectivity index (χ0v) is 13.2. The van der Waals surface area contributed by atoms with Crippen molar-refractivity contribution in [3.05, 3.63) is 59.1 Å². The van der Waals surface area contributed by atoms with Crippen LogP contribution in [0.1, 0.15) is 29.6 Å². The molecule has 0 atom stereocenters. The van der Waals surface area contributed by atoms with Crippen LogP contribution in [-0.4, -0.2) is 11.9 Å². The van der Waals surface area contributed by atoms with Gasteiger partial charge >= 0.3 is 5.97 Å². The van der Waals surface area contributed by atoms with Gasteiger partial charge in [-0.1, -0.05) is 18.0 Å². The van der Waals surface area contributed by atoms with E-state index in [1.54, 1.807) is 48.5 Å². The summed E-state index contributed by atoms with van der Waals surface area (Å²) in [6.07, 6.45) is 2.91. The van der Waals surface area contributed by atoms with Gasteiger partial charge in [0.15, 0.2) is 0 Å². The third-order valence-electron chi connectivity index (χ3n) is 3.88. The Morgan fingerprint density at radius 2 is 1.65 bits per heavy atom. The zero-order valence-electron chi connectivity index (χ0n) is 12.4. The Hall–Kier alpha value is -2.33. The minimum absolute atomic E-state index is 0.0410. The second-order valence-electron chi connectivity index (χ2n) is 5.53. The SMILES string of the molecule is O=C(Nc1ccc(OC(=O)C2CCC2)cc1)c1ccc(Cl)cc1. The van der Waals surface area contributed by atoms with Gasteiger partial charge in [0.1, 0.15) is 5.75 Å². The molecule has 1 aliphatic rings. The van der Waals surface area contributed by atoms with E-state index < -0.39 is 0 Å². The topological polar surface area (TPSA) is 55.4 Å². The van der Waals surface area contributed by atoms with Gasteiger partial charge in [0, 0.05) is 16.3 Å². The van der Waals surface area contributed by atoms with Crippen molar-refractivity contribution in [3.63, 3.8) is 0 Å². The van der Waals surface area contributed by atoms with E-state index in [9.17, 15) is 9.59 Å². The van der Waals surface area contributed by atoms with Crippen molar-refractivity contribution in [3.8, 4) is 5.75 Å². The molecule has 0 unspecified atom stereocenters. The predicted molar refractivity (Wildman–Crippen MR) is 88.8 cm³/mol. The van der Waals surface area contributed by atoms with Crippen molar-refractivity contribution in [1.29, 1.82) is 0 Å². The Morgan fingerprint density at radius 3 is 2.22 bits per heavy atom. The Balaban J connectivity index is 1.59. The molecule has 2 aromatic rings. The number of hydrogen-bond donors (Lipinski definition) is 1. The number of carbonyl (C=O) groups excluding carboxylic acids is 2. The normalized spacial score (nSPS) is 14.0. The van der Waals surface area contributed by atoms with E-state index in [2.05, 4.69) is 5.32 Å². The van der Waals surface area contributed by atoms with E-state index in [0.29, 0.717) is 22.0 Å². The molecule has 0 radical (unpaired) electrons. The molecule has 1 aliphatic carbocycles. The van der Waals surface area contributed by atoms with Crippen molar-refractivity contribution in [1.82, 2.24) is 0 Å². The lowest BCUT2D eigenvalue weighted by molar-refractivity contribution is -0.141. The van der Waals surface area contributed by atoms with E-state index in [-0.39, 0.29) is 17.8 Å². The second kappa shape index (κ2) is 6.84. The molecule has 1 fully saturated rings. The van der Waals surface area contributed by atoms with Gasteiger partial charge in [-0.05, 0) is 61.4 Å². The molecule has 3 rings (SSSR count). The summed E-state index contributed by atoms with van der Waals surface area (Å²) in [5.74, 6) is 0.140. The first-order chi connectivity index (χ1) is 11.1. The minimum Gasteiger partial charge on any atom is -0.426 e. The summed E-state index contributed by atoms with van der Waals surface area (Å²) in [5.41, 5.74) is 1.16. The summed E-state index contributed by atoms with van der Waals surface area (Å²) in [4.78, 5) is 23.9. The van der Waals surface area contributed by atoms with Gasteiger partial charge in [-0.25, -0.2) is 0 Å². The molecule has 0 spiro atoms. The molecule has 0 aliphatic heterocycles. The van der Waals surface area contributed by atoms with Crippen LogP contribution in [0.25, 0.3) is 0 Å². The average molecular weight is 330 g/mol. The molecule has 4 nitrogen and oxygen atoms in total. The van der Waals surface area contributed by atoms with Crippen LogP contribution in [-0.2, 0) is 4.79 Å². The molecule has 0 aromatic heterocycles. The molecule has 1 amide bonds. The Kier molecular flexibility index (Phi) is 4.63. The van der Waals surface area contributed by atoms with Crippen LogP contribution in [0, 0.1) is 5.92 Å². The maximum atomic E-state index is 12.1. The number of hydrogen-bond acceptors (Lipinski definition) is 3. The number of benzene rings is 2. The smallest absolute Gasteiger partial charge is 0.314 e. The summed E-state index contributed by atoms with van der Waals surface area (Å²) in [5, 5.41) is 3.36. The Morgan fingerprint density at radius 1 is 1.00 bits per heavy atom. The molecule has 0 heterocycles. The van der Waals surface area contributed by atoms with Gasteiger partial charge in [0.2, 0.25) is 0 Å². The molecular formula is C18H16ClNO3. The maximum absolute atomic E-state index is 12.1. The van der Waals surface area contributed by atoms with Gasteiger partial charge in [-0.15, -0.1) is 0 Å². The van der Waals surface area contributed by atoms with Crippen molar-refractivity contribution >= 4 is 29.2 Å². The summed E-state index contributed by atoms with van der Waals surface area (Å²) >= 11 is 5.80. The van der Waals surface area contributed by atoms with E-state index in [0.717, 1.165) is 19.3 Å². The average Bonchev–Trinajstić information content (AvgIpc) is 2.48. The quantitative estimate of drug-likeness (QED) is 0.672. The molecule has 5 heteroatoms. The van der Waals surface area contributed by atoms with Gasteiger partial charge in [-0.2, -0.15) is 0 Å². The highest BCUT2D eigenvalue weighted by Gasteiger charge is 2.27. The summed E-state index contributed by atoms with van der Waals surface area (Å²) < 4.78 is 5.31.